The van der Waals surface area contributed by atoms with E-state index in [-0.39, 0.29) is 12.2 Å². The largest absolute Gasteiger partial charge is 0.371 e. The molecule has 0 saturated heterocycles. The number of hydrogen-bond acceptors (Lipinski definition) is 3. The van der Waals surface area contributed by atoms with Gasteiger partial charge in [0.15, 0.2) is 0 Å². The molecule has 15 heavy (non-hydrogen) atoms. The van der Waals surface area contributed by atoms with Crippen LogP contribution in [-0.2, 0) is 9.47 Å². The van der Waals surface area contributed by atoms with Crippen LogP contribution in [0.3, 0.4) is 0 Å². The van der Waals surface area contributed by atoms with Gasteiger partial charge in [0.1, 0.15) is 11.7 Å². The molecule has 0 fully saturated rings. The first-order valence-corrected chi connectivity index (χ1v) is 5.32. The number of hydrogen-bond donors (Lipinski definition) is 1. The molecule has 0 aromatic carbocycles. The summed E-state index contributed by atoms with van der Waals surface area (Å²) in [6.45, 7) is 6.55. The van der Waals surface area contributed by atoms with Gasteiger partial charge in [-0.25, -0.2) is 0 Å². The minimum absolute atomic E-state index is 0.0856. The van der Waals surface area contributed by atoms with Crippen molar-refractivity contribution in [2.45, 2.75) is 38.6 Å². The van der Waals surface area contributed by atoms with Crippen molar-refractivity contribution in [2.24, 2.45) is 5.73 Å². The summed E-state index contributed by atoms with van der Waals surface area (Å²) in [5.41, 5.74) is 6.38. The fourth-order valence-electron chi connectivity index (χ4n) is 1.75. The minimum Gasteiger partial charge on any atom is -0.371 e. The van der Waals surface area contributed by atoms with Gasteiger partial charge in [0.05, 0.1) is 6.10 Å². The first-order chi connectivity index (χ1) is 7.03. The van der Waals surface area contributed by atoms with Crippen LogP contribution < -0.4 is 5.73 Å². The third kappa shape index (κ3) is 2.68. The Kier molecular flexibility index (Phi) is 4.08. The van der Waals surface area contributed by atoms with Gasteiger partial charge < -0.3 is 15.2 Å². The fraction of sp³-hybridized carbons (Fsp3) is 0.667. The van der Waals surface area contributed by atoms with E-state index in [0.29, 0.717) is 6.54 Å². The van der Waals surface area contributed by atoms with Crippen molar-refractivity contribution in [3.63, 3.8) is 0 Å². The van der Waals surface area contributed by atoms with Gasteiger partial charge >= 0.3 is 0 Å². The van der Waals surface area contributed by atoms with Crippen molar-refractivity contribution in [1.82, 2.24) is 0 Å². The van der Waals surface area contributed by atoms with Gasteiger partial charge in [0.2, 0.25) is 0 Å². The lowest BCUT2D eigenvalue weighted by Gasteiger charge is -2.38. The highest BCUT2D eigenvalue weighted by Gasteiger charge is 2.37. The average molecular weight is 211 g/mol. The van der Waals surface area contributed by atoms with Crippen molar-refractivity contribution in [3.05, 3.63) is 23.8 Å². The molecule has 2 N–H and O–H groups in total. The molecule has 2 atom stereocenters. The highest BCUT2D eigenvalue weighted by atomic mass is 16.5. The summed E-state index contributed by atoms with van der Waals surface area (Å²) in [6.07, 6.45) is 6.07. The Hall–Kier alpha value is -0.640. The standard InChI is InChI=1S/C12H21NO2/c1-9(2)15-11-10(8-13)6-5-7-12(11,3)14-4/h5-7,9,11H,8,13H2,1-4H3. The molecule has 0 aromatic heterocycles. The SMILES string of the molecule is COC1(C)C=CC=C(CN)C1OC(C)C. The summed E-state index contributed by atoms with van der Waals surface area (Å²) in [5, 5.41) is 0. The molecule has 1 rings (SSSR count). The molecule has 1 aliphatic rings. The molecular weight excluding hydrogens is 190 g/mol. The molecule has 0 spiro atoms. The van der Waals surface area contributed by atoms with Crippen LogP contribution in [-0.4, -0.2) is 31.5 Å². The molecule has 3 nitrogen and oxygen atoms in total. The van der Waals surface area contributed by atoms with Crippen molar-refractivity contribution in [2.75, 3.05) is 13.7 Å². The zero-order valence-electron chi connectivity index (χ0n) is 9.99. The van der Waals surface area contributed by atoms with Crippen LogP contribution in [0.4, 0.5) is 0 Å². The monoisotopic (exact) mass is 211 g/mol. The first kappa shape index (κ1) is 12.4. The third-order valence-corrected chi connectivity index (χ3v) is 2.68. The Labute approximate surface area is 91.9 Å². The van der Waals surface area contributed by atoms with Crippen molar-refractivity contribution >= 4 is 0 Å². The second-order valence-electron chi connectivity index (χ2n) is 4.26. The zero-order valence-corrected chi connectivity index (χ0v) is 9.99. The quantitative estimate of drug-likeness (QED) is 0.769. The summed E-state index contributed by atoms with van der Waals surface area (Å²) in [4.78, 5) is 0. The van der Waals surface area contributed by atoms with E-state index in [0.717, 1.165) is 5.57 Å². The van der Waals surface area contributed by atoms with Crippen molar-refractivity contribution < 1.29 is 9.47 Å². The number of nitrogens with two attached hydrogens (primary N) is 1. The maximum absolute atomic E-state index is 5.88. The molecule has 1 aliphatic carbocycles. The van der Waals surface area contributed by atoms with Crippen LogP contribution in [0.25, 0.3) is 0 Å². The maximum Gasteiger partial charge on any atom is 0.113 e. The van der Waals surface area contributed by atoms with E-state index in [1.807, 2.05) is 39.0 Å². The molecule has 0 radical (unpaired) electrons. The molecular formula is C12H21NO2. The number of methoxy groups -OCH3 is 1. The number of rotatable bonds is 4. The van der Waals surface area contributed by atoms with Crippen molar-refractivity contribution in [3.8, 4) is 0 Å². The van der Waals surface area contributed by atoms with Crippen LogP contribution >= 0.6 is 0 Å². The summed E-state index contributed by atoms with van der Waals surface area (Å²) >= 11 is 0. The Morgan fingerprint density at radius 2 is 2.20 bits per heavy atom. The molecule has 0 saturated carbocycles. The van der Waals surface area contributed by atoms with E-state index in [1.54, 1.807) is 7.11 Å². The molecule has 86 valence electrons. The lowest BCUT2D eigenvalue weighted by molar-refractivity contribution is -0.0955. The normalized spacial score (nSPS) is 30.8. The fourth-order valence-corrected chi connectivity index (χ4v) is 1.75. The van der Waals surface area contributed by atoms with E-state index < -0.39 is 5.60 Å². The maximum atomic E-state index is 5.88. The van der Waals surface area contributed by atoms with Crippen molar-refractivity contribution in [1.29, 1.82) is 0 Å². The van der Waals surface area contributed by atoms with Crippen LogP contribution in [0.5, 0.6) is 0 Å². The van der Waals surface area contributed by atoms with Gasteiger partial charge in [-0.05, 0) is 26.3 Å². The summed E-state index contributed by atoms with van der Waals surface area (Å²) < 4.78 is 11.4. The molecule has 2 unspecified atom stereocenters. The molecule has 3 heteroatoms. The number of allylic oxidation sites excluding steroid dienone is 2. The molecule has 0 amide bonds. The van der Waals surface area contributed by atoms with E-state index in [1.165, 1.54) is 0 Å². The Morgan fingerprint density at radius 3 is 2.67 bits per heavy atom. The van der Waals surface area contributed by atoms with Crippen LogP contribution in [0.15, 0.2) is 23.8 Å². The van der Waals surface area contributed by atoms with Gasteiger partial charge in [-0.2, -0.15) is 0 Å². The Balaban J connectivity index is 2.91. The lowest BCUT2D eigenvalue weighted by Crippen LogP contribution is -2.46. The predicted molar refractivity (Wildman–Crippen MR) is 61.7 cm³/mol. The van der Waals surface area contributed by atoms with E-state index in [4.69, 9.17) is 15.2 Å². The topological polar surface area (TPSA) is 44.5 Å². The molecule has 0 bridgehead atoms. The summed E-state index contributed by atoms with van der Waals surface area (Å²) in [7, 11) is 1.69. The van der Waals surface area contributed by atoms with Crippen LogP contribution in [0.2, 0.25) is 0 Å². The van der Waals surface area contributed by atoms with E-state index in [2.05, 4.69) is 0 Å². The van der Waals surface area contributed by atoms with Crippen LogP contribution in [0.1, 0.15) is 20.8 Å². The Morgan fingerprint density at radius 1 is 1.53 bits per heavy atom. The molecule has 0 aliphatic heterocycles. The van der Waals surface area contributed by atoms with Gasteiger partial charge in [0.25, 0.3) is 0 Å². The van der Waals surface area contributed by atoms with Gasteiger partial charge in [-0.15, -0.1) is 0 Å². The minimum atomic E-state index is -0.409. The van der Waals surface area contributed by atoms with Gasteiger partial charge in [0, 0.05) is 13.7 Å². The molecule has 0 aromatic rings. The van der Waals surface area contributed by atoms with E-state index >= 15 is 0 Å². The lowest BCUT2D eigenvalue weighted by atomic mass is 9.87. The van der Waals surface area contributed by atoms with E-state index in [9.17, 15) is 0 Å². The Bertz CT molecular complexity index is 271. The summed E-state index contributed by atoms with van der Waals surface area (Å²) in [6, 6.07) is 0. The smallest absolute Gasteiger partial charge is 0.113 e. The second-order valence-corrected chi connectivity index (χ2v) is 4.26. The third-order valence-electron chi connectivity index (χ3n) is 2.68. The van der Waals surface area contributed by atoms with Gasteiger partial charge in [-0.1, -0.05) is 18.2 Å². The van der Waals surface area contributed by atoms with Gasteiger partial charge in [-0.3, -0.25) is 0 Å². The molecule has 0 heterocycles. The van der Waals surface area contributed by atoms with Crippen LogP contribution in [0, 0.1) is 0 Å². The average Bonchev–Trinajstić information content (AvgIpc) is 2.20. The highest BCUT2D eigenvalue weighted by Crippen LogP contribution is 2.29. The highest BCUT2D eigenvalue weighted by molar-refractivity contribution is 5.31. The number of ether oxygens (including phenoxy) is 2. The predicted octanol–water partition coefficient (Wildman–Crippen LogP) is 1.64. The zero-order chi connectivity index (χ0) is 11.5. The first-order valence-electron chi connectivity index (χ1n) is 5.32. The second kappa shape index (κ2) is 4.92. The summed E-state index contributed by atoms with van der Waals surface area (Å²) in [5.74, 6) is 0.